The third kappa shape index (κ3) is 4.52. The van der Waals surface area contributed by atoms with Crippen molar-refractivity contribution in [3.63, 3.8) is 0 Å². The van der Waals surface area contributed by atoms with Gasteiger partial charge in [0.1, 0.15) is 5.56 Å². The van der Waals surface area contributed by atoms with Crippen LogP contribution in [0.4, 0.5) is 5.69 Å². The fraction of sp³-hybridized carbons (Fsp3) is 0.400. The minimum absolute atomic E-state index is 0.200. The molecule has 0 saturated carbocycles. The van der Waals surface area contributed by atoms with Crippen LogP contribution in [-0.2, 0) is 7.05 Å². The van der Waals surface area contributed by atoms with Gasteiger partial charge >= 0.3 is 0 Å². The molecule has 6 nitrogen and oxygen atoms in total. The van der Waals surface area contributed by atoms with Crippen molar-refractivity contribution in [1.29, 1.82) is 0 Å². The van der Waals surface area contributed by atoms with Crippen LogP contribution >= 0.6 is 0 Å². The minimum atomic E-state index is -0.292. The van der Waals surface area contributed by atoms with Crippen LogP contribution < -0.4 is 15.8 Å². The molecule has 0 bridgehead atoms. The van der Waals surface area contributed by atoms with E-state index < -0.39 is 0 Å². The number of rotatable bonds is 6. The number of hydrogen-bond acceptors (Lipinski definition) is 4. The second kappa shape index (κ2) is 8.67. The number of benzene rings is 1. The molecule has 0 unspecified atom stereocenters. The van der Waals surface area contributed by atoms with Gasteiger partial charge < -0.3 is 14.8 Å². The summed E-state index contributed by atoms with van der Waals surface area (Å²) >= 11 is 0. The highest BCUT2D eigenvalue weighted by Crippen LogP contribution is 2.15. The minimum Gasteiger partial charge on any atom is -0.369 e. The monoisotopic (exact) mass is 354 g/mol. The van der Waals surface area contributed by atoms with Gasteiger partial charge in [0.25, 0.3) is 11.5 Å². The first-order valence-electron chi connectivity index (χ1n) is 9.11. The van der Waals surface area contributed by atoms with E-state index in [0.29, 0.717) is 6.54 Å². The fourth-order valence-electron chi connectivity index (χ4n) is 3.24. The smallest absolute Gasteiger partial charge is 0.263 e. The second-order valence-electron chi connectivity index (χ2n) is 6.61. The molecule has 1 N–H and O–H groups in total. The number of para-hydroxylation sites is 1. The summed E-state index contributed by atoms with van der Waals surface area (Å²) in [7, 11) is 1.65. The van der Waals surface area contributed by atoms with Gasteiger partial charge in [0.2, 0.25) is 0 Å². The lowest BCUT2D eigenvalue weighted by molar-refractivity contribution is 0.0949. The Morgan fingerprint density at radius 2 is 1.77 bits per heavy atom. The SMILES string of the molecule is Cn1cccc(C(=O)NCCCN2CCN(c3ccccc3)CC2)c1=O. The highest BCUT2D eigenvalue weighted by Gasteiger charge is 2.16. The number of nitrogens with one attached hydrogen (secondary N) is 1. The fourth-order valence-corrected chi connectivity index (χ4v) is 3.24. The number of piperazine rings is 1. The van der Waals surface area contributed by atoms with Crippen LogP contribution in [0.2, 0.25) is 0 Å². The number of nitrogens with zero attached hydrogens (tertiary/aromatic N) is 3. The summed E-state index contributed by atoms with van der Waals surface area (Å²) < 4.78 is 1.42. The molecule has 0 atom stereocenters. The van der Waals surface area contributed by atoms with E-state index in [9.17, 15) is 9.59 Å². The van der Waals surface area contributed by atoms with Crippen molar-refractivity contribution < 1.29 is 4.79 Å². The number of carbonyl (C=O) groups excluding carboxylic acids is 1. The van der Waals surface area contributed by atoms with Crippen LogP contribution in [0.5, 0.6) is 0 Å². The van der Waals surface area contributed by atoms with Gasteiger partial charge in [0.15, 0.2) is 0 Å². The molecule has 1 amide bonds. The Labute approximate surface area is 154 Å². The first kappa shape index (κ1) is 18.2. The number of aryl methyl sites for hydroxylation is 1. The molecule has 6 heteroatoms. The van der Waals surface area contributed by atoms with Crippen LogP contribution in [0, 0.1) is 0 Å². The summed E-state index contributed by atoms with van der Waals surface area (Å²) in [5.74, 6) is -0.292. The molecule has 1 fully saturated rings. The predicted molar refractivity (Wildman–Crippen MR) is 104 cm³/mol. The first-order valence-corrected chi connectivity index (χ1v) is 9.11. The number of carbonyl (C=O) groups is 1. The van der Waals surface area contributed by atoms with Crippen LogP contribution in [0.1, 0.15) is 16.8 Å². The summed E-state index contributed by atoms with van der Waals surface area (Å²) in [6, 6.07) is 13.8. The van der Waals surface area contributed by atoms with Crippen LogP contribution in [-0.4, -0.2) is 54.6 Å². The van der Waals surface area contributed by atoms with Crippen molar-refractivity contribution in [1.82, 2.24) is 14.8 Å². The average molecular weight is 354 g/mol. The van der Waals surface area contributed by atoms with E-state index in [4.69, 9.17) is 0 Å². The number of hydrogen-bond donors (Lipinski definition) is 1. The molecule has 0 spiro atoms. The van der Waals surface area contributed by atoms with Gasteiger partial charge in [-0.25, -0.2) is 0 Å². The normalized spacial score (nSPS) is 15.0. The number of anilines is 1. The second-order valence-corrected chi connectivity index (χ2v) is 6.61. The zero-order chi connectivity index (χ0) is 18.4. The molecular weight excluding hydrogens is 328 g/mol. The van der Waals surface area contributed by atoms with Gasteiger partial charge in [-0.15, -0.1) is 0 Å². The van der Waals surface area contributed by atoms with Crippen LogP contribution in [0.15, 0.2) is 53.5 Å². The molecule has 1 aromatic heterocycles. The molecule has 138 valence electrons. The van der Waals surface area contributed by atoms with E-state index in [0.717, 1.165) is 39.1 Å². The Balaban J connectivity index is 1.38. The third-order valence-electron chi connectivity index (χ3n) is 4.80. The summed E-state index contributed by atoms with van der Waals surface area (Å²) in [4.78, 5) is 28.9. The lowest BCUT2D eigenvalue weighted by atomic mass is 10.2. The molecule has 3 rings (SSSR count). The molecule has 0 aliphatic carbocycles. The van der Waals surface area contributed by atoms with Gasteiger partial charge in [-0.05, 0) is 37.2 Å². The van der Waals surface area contributed by atoms with E-state index in [-0.39, 0.29) is 17.0 Å². The average Bonchev–Trinajstić information content (AvgIpc) is 2.68. The van der Waals surface area contributed by atoms with Crippen molar-refractivity contribution in [2.45, 2.75) is 6.42 Å². The third-order valence-corrected chi connectivity index (χ3v) is 4.80. The van der Waals surface area contributed by atoms with Crippen molar-refractivity contribution in [3.05, 3.63) is 64.6 Å². The Morgan fingerprint density at radius 3 is 2.50 bits per heavy atom. The number of aromatic nitrogens is 1. The molecule has 1 aliphatic rings. The van der Waals surface area contributed by atoms with Gasteiger partial charge in [-0.1, -0.05) is 18.2 Å². The topological polar surface area (TPSA) is 57.6 Å². The molecule has 1 saturated heterocycles. The Kier molecular flexibility index (Phi) is 6.07. The number of pyridine rings is 1. The van der Waals surface area contributed by atoms with Crippen molar-refractivity contribution in [2.75, 3.05) is 44.2 Å². The maximum atomic E-state index is 12.1. The van der Waals surface area contributed by atoms with Crippen LogP contribution in [0.25, 0.3) is 0 Å². The zero-order valence-corrected chi connectivity index (χ0v) is 15.2. The molecule has 2 aromatic rings. The summed E-state index contributed by atoms with van der Waals surface area (Å²) in [5, 5.41) is 2.85. The van der Waals surface area contributed by atoms with E-state index in [1.807, 2.05) is 6.07 Å². The lowest BCUT2D eigenvalue weighted by Crippen LogP contribution is -2.47. The van der Waals surface area contributed by atoms with Gasteiger partial charge in [-0.3, -0.25) is 14.5 Å². The number of amides is 1. The highest BCUT2D eigenvalue weighted by molar-refractivity contribution is 5.93. The lowest BCUT2D eigenvalue weighted by Gasteiger charge is -2.36. The Hall–Kier alpha value is -2.60. The maximum absolute atomic E-state index is 12.1. The maximum Gasteiger partial charge on any atom is 0.263 e. The summed E-state index contributed by atoms with van der Waals surface area (Å²) in [6.07, 6.45) is 2.53. The van der Waals surface area contributed by atoms with E-state index in [2.05, 4.69) is 39.4 Å². The molecule has 1 aliphatic heterocycles. The van der Waals surface area contributed by atoms with E-state index in [1.165, 1.54) is 10.3 Å². The van der Waals surface area contributed by atoms with Gasteiger partial charge in [0.05, 0.1) is 0 Å². The van der Waals surface area contributed by atoms with Crippen molar-refractivity contribution >= 4 is 11.6 Å². The Morgan fingerprint density at radius 1 is 1.04 bits per heavy atom. The molecule has 0 radical (unpaired) electrons. The standard InChI is InChI=1S/C20H26N4O2/c1-22-11-5-9-18(20(22)26)19(25)21-10-6-12-23-13-15-24(16-14-23)17-7-3-2-4-8-17/h2-5,7-9,11H,6,10,12-16H2,1H3,(H,21,25). The molecule has 26 heavy (non-hydrogen) atoms. The Bertz CT molecular complexity index is 780. The molecule has 1 aromatic carbocycles. The predicted octanol–water partition coefficient (Wildman–Crippen LogP) is 1.33. The highest BCUT2D eigenvalue weighted by atomic mass is 16.2. The largest absolute Gasteiger partial charge is 0.369 e. The first-order chi connectivity index (χ1) is 12.6. The molecular formula is C20H26N4O2. The quantitative estimate of drug-likeness (QED) is 0.795. The van der Waals surface area contributed by atoms with E-state index in [1.54, 1.807) is 25.4 Å². The van der Waals surface area contributed by atoms with Gasteiger partial charge in [0, 0.05) is 51.7 Å². The summed E-state index contributed by atoms with van der Waals surface area (Å²) in [6.45, 7) is 5.64. The van der Waals surface area contributed by atoms with Crippen molar-refractivity contribution in [3.8, 4) is 0 Å². The van der Waals surface area contributed by atoms with Gasteiger partial charge in [-0.2, -0.15) is 0 Å². The zero-order valence-electron chi connectivity index (χ0n) is 15.2. The van der Waals surface area contributed by atoms with E-state index >= 15 is 0 Å². The van der Waals surface area contributed by atoms with Crippen LogP contribution in [0.3, 0.4) is 0 Å². The summed E-state index contributed by atoms with van der Waals surface area (Å²) in [5.41, 5.74) is 1.22. The van der Waals surface area contributed by atoms with Crippen molar-refractivity contribution in [2.24, 2.45) is 7.05 Å². The molecule has 2 heterocycles.